The second-order valence-electron chi connectivity index (χ2n) is 12.1. The van der Waals surface area contributed by atoms with Crippen molar-refractivity contribution in [2.24, 2.45) is 5.92 Å². The quantitative estimate of drug-likeness (QED) is 0.135. The lowest BCUT2D eigenvalue weighted by molar-refractivity contribution is -0.109. The number of aldehydes is 1. The number of benzene rings is 3. The largest absolute Gasteiger partial charge is 0.351 e. The molecule has 0 unspecified atom stereocenters. The van der Waals surface area contributed by atoms with E-state index in [0.29, 0.717) is 19.5 Å². The summed E-state index contributed by atoms with van der Waals surface area (Å²) in [6.45, 7) is 8.02. The summed E-state index contributed by atoms with van der Waals surface area (Å²) in [5.41, 5.74) is 2.75. The van der Waals surface area contributed by atoms with Gasteiger partial charge in [0.05, 0.1) is 17.8 Å². The van der Waals surface area contributed by atoms with Crippen LogP contribution in [0.2, 0.25) is 0 Å². The van der Waals surface area contributed by atoms with E-state index in [1.165, 1.54) is 43.1 Å². The average molecular weight is 758 g/mol. The van der Waals surface area contributed by atoms with Crippen LogP contribution in [0.5, 0.6) is 0 Å². The van der Waals surface area contributed by atoms with Gasteiger partial charge in [-0.05, 0) is 95.4 Å². The van der Waals surface area contributed by atoms with E-state index in [-0.39, 0.29) is 42.0 Å². The third-order valence-electron chi connectivity index (χ3n) is 7.77. The highest BCUT2D eigenvalue weighted by atomic mass is 79.9. The summed E-state index contributed by atoms with van der Waals surface area (Å²) in [5, 5.41) is 11.7. The van der Waals surface area contributed by atoms with Gasteiger partial charge in [0.15, 0.2) is 0 Å². The van der Waals surface area contributed by atoms with Gasteiger partial charge < -0.3 is 26.1 Å². The number of aryl methyl sites for hydroxylation is 1. The normalized spacial score (nSPS) is 16.1. The third kappa shape index (κ3) is 14.0. The van der Waals surface area contributed by atoms with Crippen molar-refractivity contribution in [3.05, 3.63) is 99.5 Å². The van der Waals surface area contributed by atoms with Crippen LogP contribution in [-0.4, -0.2) is 72.3 Å². The van der Waals surface area contributed by atoms with E-state index in [2.05, 4.69) is 61.0 Å². The Morgan fingerprint density at radius 3 is 2.16 bits per heavy atom. The van der Waals surface area contributed by atoms with Crippen LogP contribution < -0.4 is 30.3 Å². The minimum absolute atomic E-state index is 0.151. The molecule has 2 fully saturated rings. The molecule has 266 valence electrons. The fraction of sp³-hybridized carbons (Fsp3) is 0.417. The van der Waals surface area contributed by atoms with Crippen molar-refractivity contribution in [3.8, 4) is 0 Å². The molecule has 3 aromatic carbocycles. The van der Waals surface area contributed by atoms with Gasteiger partial charge in [-0.2, -0.15) is 13.1 Å². The van der Waals surface area contributed by atoms with Crippen LogP contribution in [-0.2, 0) is 15.0 Å². The topological polar surface area (TPSA) is 149 Å². The number of hydrogen-bond acceptors (Lipinski definition) is 7. The van der Waals surface area contributed by atoms with Crippen LogP contribution >= 0.6 is 15.9 Å². The fourth-order valence-electron chi connectivity index (χ4n) is 4.79. The number of amides is 2. The number of hydrogen-bond donors (Lipinski definition) is 5. The molecule has 2 aliphatic rings. The number of halogens is 1. The first kappa shape index (κ1) is 39.8. The Balaban J connectivity index is 0.000000412. The number of carbonyl (C=O) groups excluding carboxylic acids is 3. The number of anilines is 1. The van der Waals surface area contributed by atoms with Crippen molar-refractivity contribution in [2.75, 3.05) is 44.1 Å². The van der Waals surface area contributed by atoms with Gasteiger partial charge in [-0.15, -0.1) is 0 Å². The van der Waals surface area contributed by atoms with Gasteiger partial charge in [-0.1, -0.05) is 64.0 Å². The Morgan fingerprint density at radius 2 is 1.63 bits per heavy atom. The van der Waals surface area contributed by atoms with E-state index < -0.39 is 22.0 Å². The molecule has 5 rings (SSSR count). The van der Waals surface area contributed by atoms with Gasteiger partial charge in [0.25, 0.3) is 11.8 Å². The van der Waals surface area contributed by atoms with E-state index in [0.717, 1.165) is 26.5 Å². The fourth-order valence-corrected chi connectivity index (χ4v) is 6.37. The first-order chi connectivity index (χ1) is 23.4. The standard InChI is InChI=1S/C24H30BrN5O5S.C7H8.C5H11N/c1-16(15-31)26-9-10-27-23(32)19-12-20(14-22(13-19)30-11-3-8-28-36(30,34)35)24(33)29-17(2)18-4-6-21(25)7-5-18;1-7-5-3-2-4-6-7;1-6-4-5-2-3-5/h4-7,12-17,26,28H,3,8-11H2,1-2H3,(H,27,32)(H,29,33);2-6H,1H3;5-6H,2-4H2,1H3/t16-,17+;;/m0../s1. The second kappa shape index (κ2) is 20.1. The molecule has 0 radical (unpaired) electrons. The molecule has 1 saturated carbocycles. The van der Waals surface area contributed by atoms with Crippen LogP contribution in [0.25, 0.3) is 0 Å². The smallest absolute Gasteiger partial charge is 0.301 e. The lowest BCUT2D eigenvalue weighted by Gasteiger charge is -2.29. The van der Waals surface area contributed by atoms with E-state index in [4.69, 9.17) is 0 Å². The van der Waals surface area contributed by atoms with Crippen LogP contribution in [0.1, 0.15) is 71.0 Å². The van der Waals surface area contributed by atoms with Crippen LogP contribution in [0.3, 0.4) is 0 Å². The van der Waals surface area contributed by atoms with Gasteiger partial charge in [0.1, 0.15) is 6.29 Å². The number of nitrogens with one attached hydrogen (secondary N) is 5. The molecule has 49 heavy (non-hydrogen) atoms. The average Bonchev–Trinajstić information content (AvgIpc) is 3.91. The molecular formula is C36H49BrN6O5S. The first-order valence-electron chi connectivity index (χ1n) is 16.5. The number of carbonyl (C=O) groups is 3. The Bertz CT molecular complexity index is 1600. The minimum Gasteiger partial charge on any atom is -0.351 e. The van der Waals surface area contributed by atoms with Crippen molar-refractivity contribution in [3.63, 3.8) is 0 Å². The Morgan fingerprint density at radius 1 is 0.980 bits per heavy atom. The molecule has 2 amide bonds. The maximum atomic E-state index is 13.2. The van der Waals surface area contributed by atoms with Crippen molar-refractivity contribution in [2.45, 2.75) is 52.1 Å². The molecule has 13 heteroatoms. The SMILES string of the molecule is CNCC1CC1.C[C@@H](C=O)NCCNC(=O)c1cc(C(=O)N[C@H](C)c2ccc(Br)cc2)cc(N2CCCNS2(=O)=O)c1.Cc1ccccc1. The van der Waals surface area contributed by atoms with Gasteiger partial charge in [0.2, 0.25) is 0 Å². The molecular weight excluding hydrogens is 708 g/mol. The summed E-state index contributed by atoms with van der Waals surface area (Å²) < 4.78 is 29.8. The molecule has 3 aromatic rings. The van der Waals surface area contributed by atoms with Gasteiger partial charge in [-0.3, -0.25) is 13.9 Å². The molecule has 1 aliphatic carbocycles. The first-order valence-corrected chi connectivity index (χ1v) is 18.8. The van der Waals surface area contributed by atoms with Crippen LogP contribution in [0.4, 0.5) is 5.69 Å². The molecule has 0 aromatic heterocycles. The molecule has 2 atom stereocenters. The maximum absolute atomic E-state index is 13.2. The van der Waals surface area contributed by atoms with Gasteiger partial charge in [-0.25, -0.2) is 0 Å². The van der Waals surface area contributed by atoms with Crippen molar-refractivity contribution >= 4 is 49.9 Å². The molecule has 1 heterocycles. The Hall–Kier alpha value is -3.62. The Kier molecular flexibility index (Phi) is 16.4. The van der Waals surface area contributed by atoms with Crippen molar-refractivity contribution < 1.29 is 22.8 Å². The second-order valence-corrected chi connectivity index (χ2v) is 14.7. The minimum atomic E-state index is -3.79. The summed E-state index contributed by atoms with van der Waals surface area (Å²) >= 11 is 3.39. The third-order valence-corrected chi connectivity index (χ3v) is 9.84. The zero-order valence-corrected chi connectivity index (χ0v) is 31.1. The molecule has 5 N–H and O–H groups in total. The predicted molar refractivity (Wildman–Crippen MR) is 199 cm³/mol. The summed E-state index contributed by atoms with van der Waals surface area (Å²) in [4.78, 5) is 36.8. The highest BCUT2D eigenvalue weighted by Crippen LogP contribution is 2.27. The van der Waals surface area contributed by atoms with Crippen molar-refractivity contribution in [1.82, 2.24) is 26.0 Å². The van der Waals surface area contributed by atoms with E-state index >= 15 is 0 Å². The molecule has 1 aliphatic heterocycles. The summed E-state index contributed by atoms with van der Waals surface area (Å²) in [5.74, 6) is 0.134. The highest BCUT2D eigenvalue weighted by Gasteiger charge is 2.27. The lowest BCUT2D eigenvalue weighted by Crippen LogP contribution is -2.47. The molecule has 1 saturated heterocycles. The zero-order valence-electron chi connectivity index (χ0n) is 28.7. The molecule has 11 nitrogen and oxygen atoms in total. The zero-order chi connectivity index (χ0) is 35.8. The molecule has 0 bridgehead atoms. The van der Waals surface area contributed by atoms with Gasteiger partial charge in [0, 0.05) is 41.8 Å². The van der Waals surface area contributed by atoms with E-state index in [9.17, 15) is 22.8 Å². The maximum Gasteiger partial charge on any atom is 0.301 e. The summed E-state index contributed by atoms with van der Waals surface area (Å²) in [6, 6.07) is 21.5. The monoisotopic (exact) mass is 756 g/mol. The molecule has 0 spiro atoms. The number of rotatable bonds is 12. The lowest BCUT2D eigenvalue weighted by atomic mass is 10.1. The highest BCUT2D eigenvalue weighted by molar-refractivity contribution is 9.10. The van der Waals surface area contributed by atoms with E-state index in [1.54, 1.807) is 6.92 Å². The number of nitrogens with zero attached hydrogens (tertiary/aromatic N) is 1. The van der Waals surface area contributed by atoms with Crippen molar-refractivity contribution in [1.29, 1.82) is 0 Å². The summed E-state index contributed by atoms with van der Waals surface area (Å²) in [6.07, 6.45) is 4.26. The predicted octanol–water partition coefficient (Wildman–Crippen LogP) is 4.50. The van der Waals surface area contributed by atoms with E-state index in [1.807, 2.05) is 56.4 Å². The summed E-state index contributed by atoms with van der Waals surface area (Å²) in [7, 11) is -1.78. The van der Waals surface area contributed by atoms with Crippen LogP contribution in [0, 0.1) is 12.8 Å². The van der Waals surface area contributed by atoms with Crippen LogP contribution in [0.15, 0.2) is 77.3 Å². The Labute approximate surface area is 299 Å². The van der Waals surface area contributed by atoms with Gasteiger partial charge >= 0.3 is 10.2 Å².